The predicted molar refractivity (Wildman–Crippen MR) is 79.6 cm³/mol. The van der Waals surface area contributed by atoms with E-state index >= 15 is 0 Å². The van der Waals surface area contributed by atoms with Crippen molar-refractivity contribution in [2.75, 3.05) is 5.32 Å². The highest BCUT2D eigenvalue weighted by atomic mass is 35.5. The van der Waals surface area contributed by atoms with Gasteiger partial charge < -0.3 is 5.32 Å². The van der Waals surface area contributed by atoms with Crippen LogP contribution in [0.2, 0.25) is 5.02 Å². The molecule has 0 fully saturated rings. The summed E-state index contributed by atoms with van der Waals surface area (Å²) in [5, 5.41) is 6.40. The second-order valence-electron chi connectivity index (χ2n) is 4.74. The van der Waals surface area contributed by atoms with E-state index in [1.165, 1.54) is 22.7 Å². The fraction of sp³-hybridized carbons (Fsp3) is 0.143. The van der Waals surface area contributed by atoms with E-state index in [4.69, 9.17) is 11.6 Å². The monoisotopic (exact) mass is 319 g/mol. The molecule has 0 aliphatic rings. The van der Waals surface area contributed by atoms with Crippen molar-refractivity contribution in [3.05, 3.63) is 52.3 Å². The molecule has 0 unspecified atom stereocenters. The third-order valence-corrected chi connectivity index (χ3v) is 3.31. The Bertz CT molecular complexity index is 892. The summed E-state index contributed by atoms with van der Waals surface area (Å²) in [7, 11) is 0. The summed E-state index contributed by atoms with van der Waals surface area (Å²) in [6, 6.07) is 6.15. The van der Waals surface area contributed by atoms with Crippen LogP contribution in [0.25, 0.3) is 5.78 Å². The van der Waals surface area contributed by atoms with Gasteiger partial charge in [0.1, 0.15) is 0 Å². The first-order valence-corrected chi connectivity index (χ1v) is 6.80. The van der Waals surface area contributed by atoms with E-state index < -0.39 is 11.7 Å². The zero-order chi connectivity index (χ0) is 15.9. The van der Waals surface area contributed by atoms with Gasteiger partial charge in [-0.3, -0.25) is 4.79 Å². The average molecular weight is 320 g/mol. The second-order valence-corrected chi connectivity index (χ2v) is 5.15. The molecular formula is C14H11ClFN5O. The van der Waals surface area contributed by atoms with Crippen LogP contribution in [0.5, 0.6) is 0 Å². The molecule has 0 radical (unpaired) electrons. The number of halogens is 2. The zero-order valence-electron chi connectivity index (χ0n) is 11.8. The summed E-state index contributed by atoms with van der Waals surface area (Å²) in [6.07, 6.45) is 0. The molecule has 0 saturated carbocycles. The number of nitrogens with one attached hydrogen (secondary N) is 1. The van der Waals surface area contributed by atoms with Crippen LogP contribution in [0.15, 0.2) is 24.3 Å². The van der Waals surface area contributed by atoms with E-state index in [9.17, 15) is 9.18 Å². The molecule has 3 rings (SSSR count). The molecule has 0 saturated heterocycles. The van der Waals surface area contributed by atoms with Gasteiger partial charge in [0.05, 0.1) is 10.7 Å². The van der Waals surface area contributed by atoms with Gasteiger partial charge in [0.15, 0.2) is 5.82 Å². The number of carbonyl (C=O) groups is 1. The lowest BCUT2D eigenvalue weighted by atomic mass is 10.3. The minimum absolute atomic E-state index is 0.0304. The van der Waals surface area contributed by atoms with Crippen LogP contribution in [0.3, 0.4) is 0 Å². The zero-order valence-corrected chi connectivity index (χ0v) is 12.5. The molecule has 1 aromatic carbocycles. The molecule has 0 bridgehead atoms. The van der Waals surface area contributed by atoms with Crippen molar-refractivity contribution in [1.82, 2.24) is 19.6 Å². The molecule has 0 atom stereocenters. The Morgan fingerprint density at radius 3 is 2.86 bits per heavy atom. The molecule has 112 valence electrons. The highest BCUT2D eigenvalue weighted by Gasteiger charge is 2.17. The lowest BCUT2D eigenvalue weighted by Gasteiger charge is -2.04. The van der Waals surface area contributed by atoms with E-state index in [1.807, 2.05) is 19.9 Å². The number of anilines is 1. The van der Waals surface area contributed by atoms with E-state index in [-0.39, 0.29) is 16.5 Å². The first-order valence-electron chi connectivity index (χ1n) is 6.42. The summed E-state index contributed by atoms with van der Waals surface area (Å²) in [4.78, 5) is 20.4. The quantitative estimate of drug-likeness (QED) is 0.788. The number of carbonyl (C=O) groups excluding carboxylic acids is 1. The van der Waals surface area contributed by atoms with Gasteiger partial charge in [-0.05, 0) is 32.0 Å². The van der Waals surface area contributed by atoms with Crippen LogP contribution in [0, 0.1) is 19.7 Å². The van der Waals surface area contributed by atoms with Crippen molar-refractivity contribution in [2.24, 2.45) is 0 Å². The van der Waals surface area contributed by atoms with Gasteiger partial charge in [-0.2, -0.15) is 4.98 Å². The maximum atomic E-state index is 13.8. The minimum Gasteiger partial charge on any atom is -0.317 e. The number of amides is 1. The molecule has 1 amide bonds. The van der Waals surface area contributed by atoms with Crippen molar-refractivity contribution < 1.29 is 9.18 Å². The van der Waals surface area contributed by atoms with Crippen LogP contribution in [0.4, 0.5) is 10.1 Å². The standard InChI is InChI=1S/C14H11ClFN5O/c1-7-6-8(2)21-14(17-7)19-12(20-21)13(22)18-10-5-3-4-9(15)11(10)16/h3-6H,1-2H3,(H,18,22). The van der Waals surface area contributed by atoms with Gasteiger partial charge in [0.25, 0.3) is 11.7 Å². The van der Waals surface area contributed by atoms with Crippen LogP contribution >= 0.6 is 11.6 Å². The van der Waals surface area contributed by atoms with Crippen molar-refractivity contribution >= 4 is 29.0 Å². The fourth-order valence-corrected chi connectivity index (χ4v) is 2.22. The molecule has 1 N–H and O–H groups in total. The number of fused-ring (bicyclic) bond motifs is 1. The third-order valence-electron chi connectivity index (χ3n) is 3.02. The molecule has 3 aromatic rings. The maximum absolute atomic E-state index is 13.8. The normalized spacial score (nSPS) is 10.9. The number of hydrogen-bond acceptors (Lipinski definition) is 4. The summed E-state index contributed by atoms with van der Waals surface area (Å²) >= 11 is 5.67. The largest absolute Gasteiger partial charge is 0.317 e. The number of aryl methyl sites for hydroxylation is 2. The Morgan fingerprint density at radius 1 is 1.32 bits per heavy atom. The average Bonchev–Trinajstić information content (AvgIpc) is 2.88. The highest BCUT2D eigenvalue weighted by Crippen LogP contribution is 2.22. The van der Waals surface area contributed by atoms with E-state index in [0.29, 0.717) is 5.78 Å². The van der Waals surface area contributed by atoms with Gasteiger partial charge in [0.2, 0.25) is 5.82 Å². The van der Waals surface area contributed by atoms with Crippen molar-refractivity contribution in [2.45, 2.75) is 13.8 Å². The van der Waals surface area contributed by atoms with E-state index in [1.54, 1.807) is 0 Å². The van der Waals surface area contributed by atoms with E-state index in [2.05, 4.69) is 20.4 Å². The minimum atomic E-state index is -0.702. The molecule has 0 aliphatic heterocycles. The molecule has 6 nitrogen and oxygen atoms in total. The Kier molecular flexibility index (Phi) is 3.50. The van der Waals surface area contributed by atoms with Crippen molar-refractivity contribution in [1.29, 1.82) is 0 Å². The summed E-state index contributed by atoms with van der Waals surface area (Å²) in [6.45, 7) is 3.65. The highest BCUT2D eigenvalue weighted by molar-refractivity contribution is 6.31. The van der Waals surface area contributed by atoms with Gasteiger partial charge >= 0.3 is 0 Å². The fourth-order valence-electron chi connectivity index (χ4n) is 2.04. The number of aromatic nitrogens is 4. The van der Waals surface area contributed by atoms with Crippen LogP contribution < -0.4 is 5.32 Å². The van der Waals surface area contributed by atoms with Gasteiger partial charge in [-0.1, -0.05) is 17.7 Å². The number of rotatable bonds is 2. The Hall–Kier alpha value is -2.54. The maximum Gasteiger partial charge on any atom is 0.295 e. The lowest BCUT2D eigenvalue weighted by Crippen LogP contribution is -2.15. The van der Waals surface area contributed by atoms with Gasteiger partial charge in [-0.15, -0.1) is 5.10 Å². The Labute approximate surface area is 130 Å². The predicted octanol–water partition coefficient (Wildman–Crippen LogP) is 2.79. The number of benzene rings is 1. The molecule has 2 aromatic heterocycles. The molecule has 2 heterocycles. The van der Waals surface area contributed by atoms with Gasteiger partial charge in [0, 0.05) is 11.4 Å². The van der Waals surface area contributed by atoms with Crippen molar-refractivity contribution in [3.8, 4) is 0 Å². The van der Waals surface area contributed by atoms with Crippen LogP contribution in [-0.4, -0.2) is 25.5 Å². The summed E-state index contributed by atoms with van der Waals surface area (Å²) in [5.74, 6) is -1.12. The van der Waals surface area contributed by atoms with Crippen molar-refractivity contribution in [3.63, 3.8) is 0 Å². The molecule has 8 heteroatoms. The van der Waals surface area contributed by atoms with Gasteiger partial charge in [-0.25, -0.2) is 13.9 Å². The lowest BCUT2D eigenvalue weighted by molar-refractivity contribution is 0.101. The first-order chi connectivity index (χ1) is 10.5. The topological polar surface area (TPSA) is 72.2 Å². The molecule has 22 heavy (non-hydrogen) atoms. The SMILES string of the molecule is Cc1cc(C)n2nc(C(=O)Nc3cccc(Cl)c3F)nc2n1. The molecular weight excluding hydrogens is 309 g/mol. The summed E-state index contributed by atoms with van der Waals surface area (Å²) < 4.78 is 15.2. The second kappa shape index (κ2) is 5.34. The summed E-state index contributed by atoms with van der Waals surface area (Å²) in [5.41, 5.74) is 1.53. The molecule has 0 aliphatic carbocycles. The van der Waals surface area contributed by atoms with Crippen LogP contribution in [0.1, 0.15) is 22.0 Å². The number of hydrogen-bond donors (Lipinski definition) is 1. The Morgan fingerprint density at radius 2 is 2.09 bits per heavy atom. The third kappa shape index (κ3) is 2.50. The van der Waals surface area contributed by atoms with Crippen LogP contribution in [-0.2, 0) is 0 Å². The molecule has 0 spiro atoms. The van der Waals surface area contributed by atoms with E-state index in [0.717, 1.165) is 11.4 Å². The smallest absolute Gasteiger partial charge is 0.295 e. The number of nitrogens with zero attached hydrogens (tertiary/aromatic N) is 4. The Balaban J connectivity index is 1.95. The first kappa shape index (κ1) is 14.4.